The minimum atomic E-state index is -1.16. The first-order valence-electron chi connectivity index (χ1n) is 8.38. The number of urea groups is 1. The first-order chi connectivity index (χ1) is 12.9. The van der Waals surface area contributed by atoms with Gasteiger partial charge in [-0.15, -0.1) is 0 Å². The van der Waals surface area contributed by atoms with Gasteiger partial charge in [0.25, 0.3) is 5.91 Å². The van der Waals surface area contributed by atoms with E-state index in [4.69, 9.17) is 0 Å². The molecule has 2 aromatic rings. The number of hydrogen-bond donors (Lipinski definition) is 2. The molecule has 1 aliphatic heterocycles. The summed E-state index contributed by atoms with van der Waals surface area (Å²) in [4.78, 5) is 38.3. The van der Waals surface area contributed by atoms with Gasteiger partial charge in [-0.1, -0.05) is 24.3 Å². The number of aryl methyl sites for hydroxylation is 1. The molecule has 4 rings (SSSR count). The van der Waals surface area contributed by atoms with Gasteiger partial charge in [0, 0.05) is 6.07 Å². The Bertz CT molecular complexity index is 978. The number of carbonyl (C=O) groups is 3. The number of imide groups is 1. The molecular formula is C19H15F2N3O3. The molecule has 1 unspecified atom stereocenters. The number of carbonyl (C=O) groups excluding carboxylic acids is 3. The number of benzene rings is 2. The van der Waals surface area contributed by atoms with Crippen molar-refractivity contribution < 1.29 is 23.2 Å². The minimum absolute atomic E-state index is 0.227. The number of fused-ring (bicyclic) bond motifs is 2. The lowest BCUT2D eigenvalue weighted by Crippen LogP contribution is -2.43. The van der Waals surface area contributed by atoms with Crippen molar-refractivity contribution in [2.75, 3.05) is 11.9 Å². The summed E-state index contributed by atoms with van der Waals surface area (Å²) >= 11 is 0. The molecule has 1 atom stereocenters. The first kappa shape index (κ1) is 17.1. The SMILES string of the molecule is O=C(CN1C(=O)NC2(CCc3ccccc32)C1=O)Nc1ccc(F)cc1F. The second-order valence-corrected chi connectivity index (χ2v) is 6.56. The van der Waals surface area contributed by atoms with Crippen LogP contribution in [-0.4, -0.2) is 29.3 Å². The van der Waals surface area contributed by atoms with Crippen LogP contribution in [0.1, 0.15) is 17.5 Å². The zero-order valence-electron chi connectivity index (χ0n) is 14.1. The monoisotopic (exact) mass is 371 g/mol. The van der Waals surface area contributed by atoms with Crippen LogP contribution in [0.25, 0.3) is 0 Å². The van der Waals surface area contributed by atoms with Gasteiger partial charge in [0.15, 0.2) is 0 Å². The number of amides is 4. The van der Waals surface area contributed by atoms with E-state index in [1.54, 1.807) is 12.1 Å². The molecule has 8 heteroatoms. The van der Waals surface area contributed by atoms with E-state index in [-0.39, 0.29) is 5.69 Å². The maximum atomic E-state index is 13.7. The second kappa shape index (κ2) is 6.15. The molecule has 1 saturated heterocycles. The quantitative estimate of drug-likeness (QED) is 0.813. The van der Waals surface area contributed by atoms with Gasteiger partial charge in [-0.2, -0.15) is 0 Å². The number of hydrogen-bond acceptors (Lipinski definition) is 3. The largest absolute Gasteiger partial charge is 0.325 e. The van der Waals surface area contributed by atoms with Gasteiger partial charge in [0.1, 0.15) is 23.7 Å². The Balaban J connectivity index is 1.53. The van der Waals surface area contributed by atoms with Crippen molar-refractivity contribution in [1.82, 2.24) is 10.2 Å². The van der Waals surface area contributed by atoms with Crippen LogP contribution in [0.4, 0.5) is 19.3 Å². The van der Waals surface area contributed by atoms with Crippen LogP contribution in [0, 0.1) is 11.6 Å². The van der Waals surface area contributed by atoms with E-state index < -0.39 is 41.6 Å². The highest BCUT2D eigenvalue weighted by Crippen LogP contribution is 2.41. The maximum Gasteiger partial charge on any atom is 0.325 e. The summed E-state index contributed by atoms with van der Waals surface area (Å²) in [6, 6.07) is 9.37. The molecule has 6 nitrogen and oxygen atoms in total. The molecule has 1 spiro atoms. The van der Waals surface area contributed by atoms with Gasteiger partial charge in [-0.05, 0) is 36.1 Å². The summed E-state index contributed by atoms with van der Waals surface area (Å²) in [6.45, 7) is -0.564. The van der Waals surface area contributed by atoms with Crippen molar-refractivity contribution >= 4 is 23.5 Å². The molecule has 27 heavy (non-hydrogen) atoms. The fourth-order valence-corrected chi connectivity index (χ4v) is 3.66. The molecule has 0 bridgehead atoms. The van der Waals surface area contributed by atoms with Gasteiger partial charge in [-0.3, -0.25) is 14.5 Å². The fourth-order valence-electron chi connectivity index (χ4n) is 3.66. The summed E-state index contributed by atoms with van der Waals surface area (Å²) in [5, 5.41) is 4.96. The van der Waals surface area contributed by atoms with Crippen LogP contribution < -0.4 is 10.6 Å². The highest BCUT2D eigenvalue weighted by molar-refractivity contribution is 6.10. The van der Waals surface area contributed by atoms with Crippen molar-refractivity contribution in [2.45, 2.75) is 18.4 Å². The Morgan fingerprint density at radius 2 is 1.96 bits per heavy atom. The smallest absolute Gasteiger partial charge is 0.322 e. The third-order valence-corrected chi connectivity index (χ3v) is 4.93. The number of anilines is 1. The Morgan fingerprint density at radius 1 is 1.19 bits per heavy atom. The molecule has 4 amide bonds. The van der Waals surface area contributed by atoms with Crippen LogP contribution >= 0.6 is 0 Å². The molecule has 1 heterocycles. The molecule has 0 radical (unpaired) electrons. The summed E-state index contributed by atoms with van der Waals surface area (Å²) in [7, 11) is 0. The van der Waals surface area contributed by atoms with E-state index >= 15 is 0 Å². The molecule has 138 valence electrons. The maximum absolute atomic E-state index is 13.7. The summed E-state index contributed by atoms with van der Waals surface area (Å²) < 4.78 is 26.6. The minimum Gasteiger partial charge on any atom is -0.322 e. The molecule has 2 N–H and O–H groups in total. The molecular weight excluding hydrogens is 356 g/mol. The van der Waals surface area contributed by atoms with E-state index in [1.807, 2.05) is 12.1 Å². The van der Waals surface area contributed by atoms with Crippen LogP contribution in [0.2, 0.25) is 0 Å². The lowest BCUT2D eigenvalue weighted by Gasteiger charge is -2.22. The predicted octanol–water partition coefficient (Wildman–Crippen LogP) is 2.30. The van der Waals surface area contributed by atoms with Crippen LogP contribution in [-0.2, 0) is 21.5 Å². The van der Waals surface area contributed by atoms with Gasteiger partial charge in [0.05, 0.1) is 5.69 Å². The summed E-state index contributed by atoms with van der Waals surface area (Å²) in [5.74, 6) is -2.98. The highest BCUT2D eigenvalue weighted by atomic mass is 19.1. The number of nitrogens with one attached hydrogen (secondary N) is 2. The number of nitrogens with zero attached hydrogens (tertiary/aromatic N) is 1. The lowest BCUT2D eigenvalue weighted by atomic mass is 9.92. The highest BCUT2D eigenvalue weighted by Gasteiger charge is 2.55. The van der Waals surface area contributed by atoms with Crippen molar-refractivity contribution in [2.24, 2.45) is 0 Å². The van der Waals surface area contributed by atoms with Crippen molar-refractivity contribution in [3.8, 4) is 0 Å². The van der Waals surface area contributed by atoms with E-state index in [0.29, 0.717) is 18.9 Å². The summed E-state index contributed by atoms with van der Waals surface area (Å²) in [6.07, 6.45) is 1.06. The van der Waals surface area contributed by atoms with Crippen LogP contribution in [0.15, 0.2) is 42.5 Å². The number of rotatable bonds is 3. The third kappa shape index (κ3) is 2.73. The van der Waals surface area contributed by atoms with E-state index in [0.717, 1.165) is 28.2 Å². The summed E-state index contributed by atoms with van der Waals surface area (Å²) in [5.41, 5.74) is 0.325. The molecule has 0 saturated carbocycles. The molecule has 1 fully saturated rings. The van der Waals surface area contributed by atoms with E-state index in [2.05, 4.69) is 10.6 Å². The van der Waals surface area contributed by atoms with Gasteiger partial charge in [-0.25, -0.2) is 13.6 Å². The average Bonchev–Trinajstić information content (AvgIpc) is 3.11. The van der Waals surface area contributed by atoms with Crippen molar-refractivity contribution in [3.63, 3.8) is 0 Å². The van der Waals surface area contributed by atoms with Gasteiger partial charge >= 0.3 is 6.03 Å². The Kier molecular flexibility index (Phi) is 3.91. The molecule has 2 aliphatic rings. The Morgan fingerprint density at radius 3 is 2.74 bits per heavy atom. The molecule has 1 aliphatic carbocycles. The predicted molar refractivity (Wildman–Crippen MR) is 91.7 cm³/mol. The Hall–Kier alpha value is -3.29. The first-order valence-corrected chi connectivity index (χ1v) is 8.38. The zero-order chi connectivity index (χ0) is 19.2. The second-order valence-electron chi connectivity index (χ2n) is 6.56. The average molecular weight is 371 g/mol. The Labute approximate surface area is 153 Å². The van der Waals surface area contributed by atoms with Crippen LogP contribution in [0.3, 0.4) is 0 Å². The van der Waals surface area contributed by atoms with Gasteiger partial charge in [0.2, 0.25) is 5.91 Å². The normalized spacial score (nSPS) is 20.7. The van der Waals surface area contributed by atoms with Crippen molar-refractivity contribution in [1.29, 1.82) is 0 Å². The molecule has 0 aromatic heterocycles. The van der Waals surface area contributed by atoms with E-state index in [9.17, 15) is 23.2 Å². The van der Waals surface area contributed by atoms with Crippen LogP contribution in [0.5, 0.6) is 0 Å². The third-order valence-electron chi connectivity index (χ3n) is 4.93. The number of halogens is 2. The topological polar surface area (TPSA) is 78.5 Å². The van der Waals surface area contributed by atoms with Crippen molar-refractivity contribution in [3.05, 3.63) is 65.2 Å². The standard InChI is InChI=1S/C19H15F2N3O3/c20-12-5-6-15(14(21)9-12)22-16(25)10-24-17(26)19(23-18(24)27)8-7-11-3-1-2-4-13(11)19/h1-6,9H,7-8,10H2,(H,22,25)(H,23,27). The molecule has 2 aromatic carbocycles. The fraction of sp³-hybridized carbons (Fsp3) is 0.211. The zero-order valence-corrected chi connectivity index (χ0v) is 14.1. The lowest BCUT2D eigenvalue weighted by molar-refractivity contribution is -0.134. The van der Waals surface area contributed by atoms with Gasteiger partial charge < -0.3 is 10.6 Å². The van der Waals surface area contributed by atoms with E-state index in [1.165, 1.54) is 0 Å².